The van der Waals surface area contributed by atoms with Gasteiger partial charge in [-0.05, 0) is 12.1 Å². The topological polar surface area (TPSA) is 55.1 Å². The van der Waals surface area contributed by atoms with E-state index in [1.807, 2.05) is 40.6 Å². The molecule has 0 fully saturated rings. The van der Waals surface area contributed by atoms with Crippen LogP contribution in [-0.4, -0.2) is 31.9 Å². The molecule has 1 aromatic carbocycles. The molecule has 0 aliphatic heterocycles. The van der Waals surface area contributed by atoms with Gasteiger partial charge in [0.05, 0.1) is 0 Å². The SMILES string of the molecule is c1ccc(SCCNc2nccn3cnnc23)cc1. The summed E-state index contributed by atoms with van der Waals surface area (Å²) in [5, 5.41) is 11.2. The van der Waals surface area contributed by atoms with Crippen LogP contribution in [0.3, 0.4) is 0 Å². The minimum absolute atomic E-state index is 0.757. The molecule has 6 heteroatoms. The molecule has 0 aliphatic rings. The lowest BCUT2D eigenvalue weighted by atomic mass is 10.4. The number of nitrogens with one attached hydrogen (secondary N) is 1. The zero-order valence-electron chi connectivity index (χ0n) is 10.2. The number of aromatic nitrogens is 4. The summed E-state index contributed by atoms with van der Waals surface area (Å²) in [5.41, 5.74) is 0.757. The Labute approximate surface area is 115 Å². The van der Waals surface area contributed by atoms with Crippen LogP contribution in [0.5, 0.6) is 0 Å². The van der Waals surface area contributed by atoms with E-state index in [1.54, 1.807) is 12.5 Å². The molecule has 5 nitrogen and oxygen atoms in total. The molecule has 0 amide bonds. The molecule has 2 aromatic heterocycles. The van der Waals surface area contributed by atoms with Crippen molar-refractivity contribution < 1.29 is 0 Å². The van der Waals surface area contributed by atoms with Crippen LogP contribution >= 0.6 is 11.8 Å². The van der Waals surface area contributed by atoms with Crippen LogP contribution in [0.2, 0.25) is 0 Å². The first-order chi connectivity index (χ1) is 9.43. The average Bonchev–Trinajstić information content (AvgIpc) is 2.94. The van der Waals surface area contributed by atoms with Crippen LogP contribution in [0.25, 0.3) is 5.65 Å². The molecule has 0 aliphatic carbocycles. The van der Waals surface area contributed by atoms with E-state index >= 15 is 0 Å². The van der Waals surface area contributed by atoms with E-state index in [0.29, 0.717) is 0 Å². The minimum atomic E-state index is 0.757. The van der Waals surface area contributed by atoms with Crippen LogP contribution in [-0.2, 0) is 0 Å². The Balaban J connectivity index is 1.57. The zero-order valence-corrected chi connectivity index (χ0v) is 11.0. The Morgan fingerprint density at radius 3 is 3.00 bits per heavy atom. The predicted molar refractivity (Wildman–Crippen MR) is 76.4 cm³/mol. The van der Waals surface area contributed by atoms with Gasteiger partial charge in [-0.2, -0.15) is 0 Å². The fourth-order valence-corrected chi connectivity index (χ4v) is 2.53. The molecule has 0 unspecified atom stereocenters. The van der Waals surface area contributed by atoms with Gasteiger partial charge in [0.25, 0.3) is 0 Å². The van der Waals surface area contributed by atoms with E-state index in [0.717, 1.165) is 23.8 Å². The molecule has 0 radical (unpaired) electrons. The van der Waals surface area contributed by atoms with Gasteiger partial charge in [0, 0.05) is 29.6 Å². The third kappa shape index (κ3) is 2.85. The molecule has 0 saturated carbocycles. The van der Waals surface area contributed by atoms with Gasteiger partial charge >= 0.3 is 0 Å². The van der Waals surface area contributed by atoms with Gasteiger partial charge in [0.1, 0.15) is 6.33 Å². The lowest BCUT2D eigenvalue weighted by Gasteiger charge is -2.05. The number of anilines is 1. The first-order valence-corrected chi connectivity index (χ1v) is 6.98. The molecule has 3 rings (SSSR count). The fourth-order valence-electron chi connectivity index (χ4n) is 1.74. The van der Waals surface area contributed by atoms with Crippen LogP contribution in [0.4, 0.5) is 5.82 Å². The molecule has 0 bridgehead atoms. The second-order valence-electron chi connectivity index (χ2n) is 3.93. The van der Waals surface area contributed by atoms with Crippen LogP contribution in [0.15, 0.2) is 53.9 Å². The highest BCUT2D eigenvalue weighted by Gasteiger charge is 2.03. The predicted octanol–water partition coefficient (Wildman–Crippen LogP) is 2.33. The highest BCUT2D eigenvalue weighted by molar-refractivity contribution is 7.99. The Kier molecular flexibility index (Phi) is 3.60. The first-order valence-electron chi connectivity index (χ1n) is 5.99. The second-order valence-corrected chi connectivity index (χ2v) is 5.09. The van der Waals surface area contributed by atoms with E-state index in [-0.39, 0.29) is 0 Å². The summed E-state index contributed by atoms with van der Waals surface area (Å²) in [4.78, 5) is 5.56. The van der Waals surface area contributed by atoms with Crippen molar-refractivity contribution in [3.63, 3.8) is 0 Å². The molecule has 2 heterocycles. The van der Waals surface area contributed by atoms with Crippen LogP contribution in [0.1, 0.15) is 0 Å². The third-order valence-corrected chi connectivity index (χ3v) is 3.64. The molecule has 96 valence electrons. The number of hydrogen-bond acceptors (Lipinski definition) is 5. The molecule has 1 N–H and O–H groups in total. The van der Waals surface area contributed by atoms with Crippen molar-refractivity contribution in [2.75, 3.05) is 17.6 Å². The molecular weight excluding hydrogens is 258 g/mol. The number of thioether (sulfide) groups is 1. The maximum atomic E-state index is 4.28. The van der Waals surface area contributed by atoms with Gasteiger partial charge in [0.15, 0.2) is 5.82 Å². The van der Waals surface area contributed by atoms with E-state index in [9.17, 15) is 0 Å². The number of hydrogen-bond donors (Lipinski definition) is 1. The Morgan fingerprint density at radius 2 is 2.11 bits per heavy atom. The van der Waals surface area contributed by atoms with Crippen molar-refractivity contribution >= 4 is 23.2 Å². The maximum absolute atomic E-state index is 4.28. The largest absolute Gasteiger partial charge is 0.366 e. The summed E-state index contributed by atoms with van der Waals surface area (Å²) < 4.78 is 1.85. The number of nitrogens with zero attached hydrogens (tertiary/aromatic N) is 4. The van der Waals surface area contributed by atoms with Crippen molar-refractivity contribution in [3.05, 3.63) is 49.1 Å². The summed E-state index contributed by atoms with van der Waals surface area (Å²) in [6.45, 7) is 0.832. The molecule has 3 aromatic rings. The molecule has 0 saturated heterocycles. The van der Waals surface area contributed by atoms with Gasteiger partial charge in [0.2, 0.25) is 5.65 Å². The lowest BCUT2D eigenvalue weighted by Crippen LogP contribution is -2.07. The average molecular weight is 271 g/mol. The molecule has 19 heavy (non-hydrogen) atoms. The Hall–Kier alpha value is -2.08. The zero-order chi connectivity index (χ0) is 12.9. The highest BCUT2D eigenvalue weighted by atomic mass is 32.2. The Morgan fingerprint density at radius 1 is 1.21 bits per heavy atom. The van der Waals surface area contributed by atoms with Crippen molar-refractivity contribution in [1.29, 1.82) is 0 Å². The van der Waals surface area contributed by atoms with E-state index in [2.05, 4.69) is 32.6 Å². The molecule has 0 atom stereocenters. The van der Waals surface area contributed by atoms with Crippen molar-refractivity contribution in [1.82, 2.24) is 19.6 Å². The van der Waals surface area contributed by atoms with Gasteiger partial charge in [-0.3, -0.25) is 4.40 Å². The van der Waals surface area contributed by atoms with E-state index in [1.165, 1.54) is 4.90 Å². The lowest BCUT2D eigenvalue weighted by molar-refractivity contribution is 1.09. The number of rotatable bonds is 5. The second kappa shape index (κ2) is 5.71. The highest BCUT2D eigenvalue weighted by Crippen LogP contribution is 2.17. The smallest absolute Gasteiger partial charge is 0.203 e. The van der Waals surface area contributed by atoms with Gasteiger partial charge < -0.3 is 5.32 Å². The van der Waals surface area contributed by atoms with Gasteiger partial charge in [-0.15, -0.1) is 22.0 Å². The van der Waals surface area contributed by atoms with Crippen molar-refractivity contribution in [3.8, 4) is 0 Å². The van der Waals surface area contributed by atoms with E-state index < -0.39 is 0 Å². The monoisotopic (exact) mass is 271 g/mol. The third-order valence-electron chi connectivity index (χ3n) is 2.62. The van der Waals surface area contributed by atoms with Crippen LogP contribution in [0, 0.1) is 0 Å². The van der Waals surface area contributed by atoms with Crippen LogP contribution < -0.4 is 5.32 Å². The summed E-state index contributed by atoms with van der Waals surface area (Å²) in [6.07, 6.45) is 5.24. The van der Waals surface area contributed by atoms with Crippen molar-refractivity contribution in [2.45, 2.75) is 4.90 Å². The maximum Gasteiger partial charge on any atom is 0.203 e. The van der Waals surface area contributed by atoms with Gasteiger partial charge in [-0.1, -0.05) is 18.2 Å². The van der Waals surface area contributed by atoms with E-state index in [4.69, 9.17) is 0 Å². The molecule has 0 spiro atoms. The summed E-state index contributed by atoms with van der Waals surface area (Å²) in [6, 6.07) is 10.4. The molecular formula is C13H13N5S. The van der Waals surface area contributed by atoms with Crippen molar-refractivity contribution in [2.24, 2.45) is 0 Å². The Bertz CT molecular complexity index is 652. The van der Waals surface area contributed by atoms with Gasteiger partial charge in [-0.25, -0.2) is 4.98 Å². The number of benzene rings is 1. The summed E-state index contributed by atoms with van der Waals surface area (Å²) >= 11 is 1.81. The summed E-state index contributed by atoms with van der Waals surface area (Å²) in [5.74, 6) is 1.75. The standard InChI is InChI=1S/C13H13N5S/c1-2-4-11(5-3-1)19-9-7-15-12-13-17-16-10-18(13)8-6-14-12/h1-6,8,10H,7,9H2,(H,14,15). The first kappa shape index (κ1) is 12.0. The fraction of sp³-hybridized carbons (Fsp3) is 0.154. The minimum Gasteiger partial charge on any atom is -0.366 e. The summed E-state index contributed by atoms with van der Waals surface area (Å²) in [7, 11) is 0. The quantitative estimate of drug-likeness (QED) is 0.570. The normalized spacial score (nSPS) is 10.7. The number of fused-ring (bicyclic) bond motifs is 1.